The molecule has 5 nitrogen and oxygen atoms in total. The van der Waals surface area contributed by atoms with Gasteiger partial charge < -0.3 is 4.98 Å². The summed E-state index contributed by atoms with van der Waals surface area (Å²) in [7, 11) is 0. The van der Waals surface area contributed by atoms with Crippen molar-refractivity contribution in [3.8, 4) is 0 Å². The summed E-state index contributed by atoms with van der Waals surface area (Å²) >= 11 is 0. The normalized spacial score (nSPS) is 20.0. The van der Waals surface area contributed by atoms with Gasteiger partial charge in [0, 0.05) is 42.3 Å². The maximum atomic E-state index is 4.59. The van der Waals surface area contributed by atoms with E-state index in [2.05, 4.69) is 24.8 Å². The van der Waals surface area contributed by atoms with Crippen molar-refractivity contribution in [2.75, 3.05) is 13.1 Å². The summed E-state index contributed by atoms with van der Waals surface area (Å²) in [6.07, 6.45) is 4.76. The maximum absolute atomic E-state index is 4.59. The van der Waals surface area contributed by atoms with Crippen LogP contribution >= 0.6 is 0 Å². The third kappa shape index (κ3) is 2.81. The first-order valence-electron chi connectivity index (χ1n) is 6.72. The number of H-pyrrole nitrogens is 1. The van der Waals surface area contributed by atoms with E-state index in [0.29, 0.717) is 5.92 Å². The monoisotopic (exact) mass is 257 g/mol. The molecule has 0 saturated carbocycles. The zero-order chi connectivity index (χ0) is 13.2. The molecule has 0 aromatic carbocycles. The molecule has 100 valence electrons. The zero-order valence-electron chi connectivity index (χ0n) is 11.4. The van der Waals surface area contributed by atoms with Gasteiger partial charge in [-0.25, -0.2) is 15.0 Å². The summed E-state index contributed by atoms with van der Waals surface area (Å²) in [6.45, 7) is 7.13. The molecule has 1 atom stereocenters. The van der Waals surface area contributed by atoms with Gasteiger partial charge in [-0.1, -0.05) is 0 Å². The SMILES string of the molecule is Cc1cc(C)nc([C@H]2CCN(Cc3cnc[nH]3)C2)n1. The maximum Gasteiger partial charge on any atom is 0.133 e. The van der Waals surface area contributed by atoms with Crippen molar-refractivity contribution in [3.63, 3.8) is 0 Å². The number of nitrogens with zero attached hydrogens (tertiary/aromatic N) is 4. The Kier molecular flexibility index (Phi) is 3.29. The number of aromatic nitrogens is 4. The number of nitrogens with one attached hydrogen (secondary N) is 1. The quantitative estimate of drug-likeness (QED) is 0.911. The first kappa shape index (κ1) is 12.3. The second-order valence-electron chi connectivity index (χ2n) is 5.31. The van der Waals surface area contributed by atoms with Gasteiger partial charge in [0.15, 0.2) is 0 Å². The molecule has 2 aromatic heterocycles. The van der Waals surface area contributed by atoms with Crippen LogP contribution in [0.15, 0.2) is 18.6 Å². The van der Waals surface area contributed by atoms with E-state index in [4.69, 9.17) is 0 Å². The predicted octanol–water partition coefficient (Wildman–Crippen LogP) is 1.81. The van der Waals surface area contributed by atoms with Gasteiger partial charge in [0.25, 0.3) is 0 Å². The predicted molar refractivity (Wildman–Crippen MR) is 72.7 cm³/mol. The molecule has 1 fully saturated rings. The molecule has 0 unspecified atom stereocenters. The van der Waals surface area contributed by atoms with Crippen LogP contribution in [0.25, 0.3) is 0 Å². The molecular formula is C14H19N5. The van der Waals surface area contributed by atoms with Gasteiger partial charge in [-0.15, -0.1) is 0 Å². The lowest BCUT2D eigenvalue weighted by Crippen LogP contribution is -2.20. The van der Waals surface area contributed by atoms with Gasteiger partial charge in [0.2, 0.25) is 0 Å². The van der Waals surface area contributed by atoms with E-state index in [-0.39, 0.29) is 0 Å². The molecule has 3 rings (SSSR count). The fourth-order valence-corrected chi connectivity index (χ4v) is 2.73. The van der Waals surface area contributed by atoms with Crippen LogP contribution in [0.5, 0.6) is 0 Å². The molecule has 0 amide bonds. The lowest BCUT2D eigenvalue weighted by Gasteiger charge is -2.14. The van der Waals surface area contributed by atoms with E-state index < -0.39 is 0 Å². The second-order valence-corrected chi connectivity index (χ2v) is 5.31. The van der Waals surface area contributed by atoms with Crippen molar-refractivity contribution >= 4 is 0 Å². The van der Waals surface area contributed by atoms with E-state index in [9.17, 15) is 0 Å². The Balaban J connectivity index is 1.68. The van der Waals surface area contributed by atoms with Gasteiger partial charge in [0.05, 0.1) is 6.33 Å². The van der Waals surface area contributed by atoms with Crippen molar-refractivity contribution in [2.24, 2.45) is 0 Å². The molecule has 0 aliphatic carbocycles. The summed E-state index contributed by atoms with van der Waals surface area (Å²) in [5, 5.41) is 0. The van der Waals surface area contributed by atoms with Crippen LogP contribution in [0.1, 0.15) is 35.2 Å². The number of imidazole rings is 1. The third-order valence-corrected chi connectivity index (χ3v) is 3.59. The van der Waals surface area contributed by atoms with E-state index in [1.54, 1.807) is 6.33 Å². The second kappa shape index (κ2) is 5.09. The van der Waals surface area contributed by atoms with E-state index >= 15 is 0 Å². The highest BCUT2D eigenvalue weighted by atomic mass is 15.2. The molecule has 0 radical (unpaired) electrons. The Morgan fingerprint density at radius 1 is 1.32 bits per heavy atom. The lowest BCUT2D eigenvalue weighted by atomic mass is 10.1. The average Bonchev–Trinajstić information content (AvgIpc) is 2.99. The first-order chi connectivity index (χ1) is 9.20. The van der Waals surface area contributed by atoms with Crippen molar-refractivity contribution in [1.29, 1.82) is 0 Å². The van der Waals surface area contributed by atoms with Gasteiger partial charge >= 0.3 is 0 Å². The minimum atomic E-state index is 0.460. The van der Waals surface area contributed by atoms with Gasteiger partial charge in [-0.2, -0.15) is 0 Å². The molecule has 2 aromatic rings. The fraction of sp³-hybridized carbons (Fsp3) is 0.500. The van der Waals surface area contributed by atoms with E-state index in [0.717, 1.165) is 43.3 Å². The molecule has 1 N–H and O–H groups in total. The number of aryl methyl sites for hydroxylation is 2. The van der Waals surface area contributed by atoms with Crippen LogP contribution < -0.4 is 0 Å². The fourth-order valence-electron chi connectivity index (χ4n) is 2.73. The number of hydrogen-bond acceptors (Lipinski definition) is 4. The Hall–Kier alpha value is -1.75. The molecule has 0 bridgehead atoms. The van der Waals surface area contributed by atoms with Crippen molar-refractivity contribution in [2.45, 2.75) is 32.7 Å². The molecule has 0 spiro atoms. The van der Waals surface area contributed by atoms with Crippen LogP contribution in [-0.4, -0.2) is 37.9 Å². The van der Waals surface area contributed by atoms with Gasteiger partial charge in [-0.3, -0.25) is 4.90 Å². The van der Waals surface area contributed by atoms with Crippen LogP contribution in [0, 0.1) is 13.8 Å². The van der Waals surface area contributed by atoms with Gasteiger partial charge in [-0.05, 0) is 32.9 Å². The highest BCUT2D eigenvalue weighted by molar-refractivity contribution is 5.12. The van der Waals surface area contributed by atoms with E-state index in [1.807, 2.05) is 26.1 Å². The highest BCUT2D eigenvalue weighted by Crippen LogP contribution is 2.25. The lowest BCUT2D eigenvalue weighted by molar-refractivity contribution is 0.322. The number of likely N-dealkylation sites (tertiary alicyclic amines) is 1. The van der Waals surface area contributed by atoms with Crippen LogP contribution in [0.2, 0.25) is 0 Å². The Labute approximate surface area is 113 Å². The minimum absolute atomic E-state index is 0.460. The number of rotatable bonds is 3. The third-order valence-electron chi connectivity index (χ3n) is 3.59. The number of hydrogen-bond donors (Lipinski definition) is 1. The van der Waals surface area contributed by atoms with Crippen molar-refractivity contribution in [1.82, 2.24) is 24.8 Å². The molecule has 1 aliphatic heterocycles. The van der Waals surface area contributed by atoms with E-state index in [1.165, 1.54) is 5.69 Å². The number of aromatic amines is 1. The highest BCUT2D eigenvalue weighted by Gasteiger charge is 2.26. The molecule has 5 heteroatoms. The van der Waals surface area contributed by atoms with Crippen LogP contribution in [0.4, 0.5) is 0 Å². The molecular weight excluding hydrogens is 238 g/mol. The summed E-state index contributed by atoms with van der Waals surface area (Å²) in [4.78, 5) is 18.8. The minimum Gasteiger partial charge on any atom is -0.347 e. The molecule has 3 heterocycles. The molecule has 19 heavy (non-hydrogen) atoms. The van der Waals surface area contributed by atoms with Gasteiger partial charge in [0.1, 0.15) is 5.82 Å². The summed E-state index contributed by atoms with van der Waals surface area (Å²) < 4.78 is 0. The zero-order valence-corrected chi connectivity index (χ0v) is 11.4. The largest absolute Gasteiger partial charge is 0.347 e. The van der Waals surface area contributed by atoms with Crippen molar-refractivity contribution in [3.05, 3.63) is 41.5 Å². The Morgan fingerprint density at radius 2 is 2.11 bits per heavy atom. The standard InChI is InChI=1S/C14H19N5/c1-10-5-11(2)18-14(17-10)12-3-4-19(7-12)8-13-6-15-9-16-13/h5-6,9,12H,3-4,7-8H2,1-2H3,(H,15,16)/t12-/m0/s1. The summed E-state index contributed by atoms with van der Waals surface area (Å²) in [5.74, 6) is 1.46. The average molecular weight is 257 g/mol. The van der Waals surface area contributed by atoms with Crippen LogP contribution in [0.3, 0.4) is 0 Å². The Morgan fingerprint density at radius 3 is 2.79 bits per heavy atom. The Bertz CT molecular complexity index is 529. The van der Waals surface area contributed by atoms with Crippen LogP contribution in [-0.2, 0) is 6.54 Å². The molecule has 1 aliphatic rings. The summed E-state index contributed by atoms with van der Waals surface area (Å²) in [5.41, 5.74) is 3.30. The smallest absolute Gasteiger partial charge is 0.133 e. The topological polar surface area (TPSA) is 57.7 Å². The van der Waals surface area contributed by atoms with Crippen molar-refractivity contribution < 1.29 is 0 Å². The first-order valence-corrected chi connectivity index (χ1v) is 6.72. The summed E-state index contributed by atoms with van der Waals surface area (Å²) in [6, 6.07) is 2.03. The molecule has 1 saturated heterocycles.